The molecule has 1 fully saturated rings. The minimum absolute atomic E-state index is 0.120. The summed E-state index contributed by atoms with van der Waals surface area (Å²) in [5.74, 6) is 0. The quantitative estimate of drug-likeness (QED) is 0.580. The zero-order valence-electron chi connectivity index (χ0n) is 8.43. The molecule has 0 saturated heterocycles. The van der Waals surface area contributed by atoms with E-state index in [0.29, 0.717) is 5.69 Å². The molecule has 0 radical (unpaired) electrons. The van der Waals surface area contributed by atoms with Crippen LogP contribution in [-0.4, -0.2) is 17.0 Å². The van der Waals surface area contributed by atoms with E-state index in [-0.39, 0.29) is 22.7 Å². The van der Waals surface area contributed by atoms with E-state index in [0.717, 1.165) is 12.0 Å². The highest BCUT2D eigenvalue weighted by molar-refractivity contribution is 5.63. The van der Waals surface area contributed by atoms with E-state index >= 15 is 0 Å². The molecule has 5 nitrogen and oxygen atoms in total. The summed E-state index contributed by atoms with van der Waals surface area (Å²) in [4.78, 5) is 10.4. The summed E-state index contributed by atoms with van der Waals surface area (Å²) in [6, 6.07) is 5.47. The van der Waals surface area contributed by atoms with E-state index in [1.54, 1.807) is 12.1 Å². The van der Waals surface area contributed by atoms with Gasteiger partial charge in [0.1, 0.15) is 5.69 Å². The first-order chi connectivity index (χ1) is 7.08. The Morgan fingerprint density at radius 3 is 2.80 bits per heavy atom. The molecule has 1 saturated carbocycles. The minimum Gasteiger partial charge on any atom is -0.375 e. The van der Waals surface area contributed by atoms with Crippen LogP contribution in [0, 0.1) is 17.0 Å². The largest absolute Gasteiger partial charge is 0.375 e. The minimum atomic E-state index is -0.372. The molecule has 0 heterocycles. The number of nitrogens with zero attached hydrogens (tertiary/aromatic N) is 1. The number of nitrogens with two attached hydrogens (primary N) is 1. The lowest BCUT2D eigenvalue weighted by molar-refractivity contribution is -0.384. The van der Waals surface area contributed by atoms with Gasteiger partial charge < -0.3 is 11.1 Å². The van der Waals surface area contributed by atoms with Crippen LogP contribution in [0.25, 0.3) is 0 Å². The maximum atomic E-state index is 10.8. The number of benzene rings is 1. The Morgan fingerprint density at radius 2 is 2.27 bits per heavy atom. The standard InChI is InChI=1S/C10H13N3O2/c1-6-2-3-8(10(4-6)13(14)15)12-9-5-7(9)11/h2-4,7,9,12H,5,11H2,1H3. The monoisotopic (exact) mass is 207 g/mol. The van der Waals surface area contributed by atoms with Gasteiger partial charge in [0.2, 0.25) is 0 Å². The average Bonchev–Trinajstić information content (AvgIpc) is 2.85. The van der Waals surface area contributed by atoms with Crippen LogP contribution in [0.1, 0.15) is 12.0 Å². The molecule has 2 atom stereocenters. The highest BCUT2D eigenvalue weighted by Crippen LogP contribution is 2.30. The van der Waals surface area contributed by atoms with Gasteiger partial charge in [-0.3, -0.25) is 10.1 Å². The molecule has 1 aliphatic rings. The molecule has 80 valence electrons. The zero-order chi connectivity index (χ0) is 11.0. The maximum Gasteiger partial charge on any atom is 0.292 e. The predicted molar refractivity (Wildman–Crippen MR) is 57.8 cm³/mol. The summed E-state index contributed by atoms with van der Waals surface area (Å²) in [7, 11) is 0. The summed E-state index contributed by atoms with van der Waals surface area (Å²) < 4.78 is 0. The maximum absolute atomic E-state index is 10.8. The van der Waals surface area contributed by atoms with E-state index in [1.165, 1.54) is 0 Å². The van der Waals surface area contributed by atoms with Gasteiger partial charge in [0.25, 0.3) is 5.69 Å². The average molecular weight is 207 g/mol. The first-order valence-corrected chi connectivity index (χ1v) is 4.85. The lowest BCUT2D eigenvalue weighted by atomic mass is 10.2. The Balaban J connectivity index is 2.25. The predicted octanol–water partition coefficient (Wildman–Crippen LogP) is 1.41. The molecule has 1 aromatic carbocycles. The summed E-state index contributed by atoms with van der Waals surface area (Å²) >= 11 is 0. The second kappa shape index (κ2) is 3.51. The number of nitrogens with one attached hydrogen (secondary N) is 1. The van der Waals surface area contributed by atoms with E-state index in [4.69, 9.17) is 5.73 Å². The molecule has 1 aliphatic carbocycles. The number of anilines is 1. The summed E-state index contributed by atoms with van der Waals surface area (Å²) in [5, 5.41) is 13.9. The molecule has 1 aromatic rings. The first-order valence-electron chi connectivity index (χ1n) is 4.85. The Labute approximate surface area is 87.4 Å². The number of hydrogen-bond acceptors (Lipinski definition) is 4. The highest BCUT2D eigenvalue weighted by atomic mass is 16.6. The highest BCUT2D eigenvalue weighted by Gasteiger charge is 2.34. The Bertz CT molecular complexity index is 406. The van der Waals surface area contributed by atoms with Crippen LogP contribution in [0.2, 0.25) is 0 Å². The van der Waals surface area contributed by atoms with Crippen LogP contribution >= 0.6 is 0 Å². The number of nitro benzene ring substituents is 1. The second-order valence-corrected chi connectivity index (χ2v) is 3.93. The first kappa shape index (κ1) is 9.92. The summed E-state index contributed by atoms with van der Waals surface area (Å²) in [6.45, 7) is 1.83. The van der Waals surface area contributed by atoms with Gasteiger partial charge in [-0.15, -0.1) is 0 Å². The number of nitro groups is 1. The van der Waals surface area contributed by atoms with Gasteiger partial charge in [-0.2, -0.15) is 0 Å². The van der Waals surface area contributed by atoms with Gasteiger partial charge in [-0.25, -0.2) is 0 Å². The second-order valence-electron chi connectivity index (χ2n) is 3.93. The number of rotatable bonds is 3. The van der Waals surface area contributed by atoms with Gasteiger partial charge >= 0.3 is 0 Å². The molecule has 0 amide bonds. The fourth-order valence-corrected chi connectivity index (χ4v) is 1.50. The van der Waals surface area contributed by atoms with Crippen LogP contribution < -0.4 is 11.1 Å². The van der Waals surface area contributed by atoms with E-state index in [1.807, 2.05) is 13.0 Å². The topological polar surface area (TPSA) is 81.2 Å². The Morgan fingerprint density at radius 1 is 1.60 bits per heavy atom. The molecule has 2 rings (SSSR count). The smallest absolute Gasteiger partial charge is 0.292 e. The SMILES string of the molecule is Cc1ccc(NC2CC2N)c([N+](=O)[O-])c1. The van der Waals surface area contributed by atoms with Gasteiger partial charge in [0.05, 0.1) is 4.92 Å². The molecular weight excluding hydrogens is 194 g/mol. The fourth-order valence-electron chi connectivity index (χ4n) is 1.50. The van der Waals surface area contributed by atoms with Crippen LogP contribution in [0.4, 0.5) is 11.4 Å². The number of hydrogen-bond donors (Lipinski definition) is 2. The van der Waals surface area contributed by atoms with Crippen LogP contribution in [-0.2, 0) is 0 Å². The lowest BCUT2D eigenvalue weighted by Gasteiger charge is -2.06. The third-order valence-electron chi connectivity index (χ3n) is 2.53. The molecule has 15 heavy (non-hydrogen) atoms. The van der Waals surface area contributed by atoms with Gasteiger partial charge in [0, 0.05) is 18.2 Å². The summed E-state index contributed by atoms with van der Waals surface area (Å²) in [5.41, 5.74) is 7.20. The molecule has 0 aliphatic heterocycles. The van der Waals surface area contributed by atoms with Crippen molar-refractivity contribution in [3.05, 3.63) is 33.9 Å². The number of aryl methyl sites for hydroxylation is 1. The van der Waals surface area contributed by atoms with Gasteiger partial charge in [-0.05, 0) is 25.0 Å². The van der Waals surface area contributed by atoms with Crippen LogP contribution in [0.15, 0.2) is 18.2 Å². The van der Waals surface area contributed by atoms with Crippen molar-refractivity contribution in [2.45, 2.75) is 25.4 Å². The lowest BCUT2D eigenvalue weighted by Crippen LogP contribution is -2.14. The molecule has 3 N–H and O–H groups in total. The third kappa shape index (κ3) is 2.07. The fraction of sp³-hybridized carbons (Fsp3) is 0.400. The molecule has 2 unspecified atom stereocenters. The zero-order valence-corrected chi connectivity index (χ0v) is 8.43. The summed E-state index contributed by atoms with van der Waals surface area (Å²) in [6.07, 6.45) is 0.880. The van der Waals surface area contributed by atoms with Crippen molar-refractivity contribution in [2.24, 2.45) is 5.73 Å². The van der Waals surface area contributed by atoms with Crippen molar-refractivity contribution in [1.82, 2.24) is 0 Å². The third-order valence-corrected chi connectivity index (χ3v) is 2.53. The van der Waals surface area contributed by atoms with E-state index in [2.05, 4.69) is 5.32 Å². The van der Waals surface area contributed by atoms with Crippen molar-refractivity contribution in [3.63, 3.8) is 0 Å². The van der Waals surface area contributed by atoms with E-state index < -0.39 is 0 Å². The molecule has 0 spiro atoms. The van der Waals surface area contributed by atoms with Gasteiger partial charge in [-0.1, -0.05) is 6.07 Å². The van der Waals surface area contributed by atoms with Crippen LogP contribution in [0.3, 0.4) is 0 Å². The van der Waals surface area contributed by atoms with Crippen molar-refractivity contribution >= 4 is 11.4 Å². The Hall–Kier alpha value is -1.62. The van der Waals surface area contributed by atoms with Crippen molar-refractivity contribution in [1.29, 1.82) is 0 Å². The molecule has 5 heteroatoms. The normalized spacial score (nSPS) is 23.6. The molecule has 0 aromatic heterocycles. The van der Waals surface area contributed by atoms with Crippen molar-refractivity contribution in [3.8, 4) is 0 Å². The molecule has 0 bridgehead atoms. The Kier molecular flexibility index (Phi) is 2.32. The van der Waals surface area contributed by atoms with Gasteiger partial charge in [0.15, 0.2) is 0 Å². The van der Waals surface area contributed by atoms with E-state index in [9.17, 15) is 10.1 Å². The molecular formula is C10H13N3O2. The van der Waals surface area contributed by atoms with Crippen molar-refractivity contribution in [2.75, 3.05) is 5.32 Å². The van der Waals surface area contributed by atoms with Crippen LogP contribution in [0.5, 0.6) is 0 Å². The van der Waals surface area contributed by atoms with Crippen molar-refractivity contribution < 1.29 is 4.92 Å².